The Labute approximate surface area is 374 Å². The van der Waals surface area contributed by atoms with Crippen molar-refractivity contribution >= 4 is 44.9 Å². The van der Waals surface area contributed by atoms with Gasteiger partial charge in [-0.2, -0.15) is 0 Å². The van der Waals surface area contributed by atoms with Crippen molar-refractivity contribution in [1.29, 1.82) is 0 Å². The number of nitrogens with zero attached hydrogens (tertiary/aromatic N) is 2. The summed E-state index contributed by atoms with van der Waals surface area (Å²) in [6.07, 6.45) is 0. The van der Waals surface area contributed by atoms with Crippen LogP contribution in [0.5, 0.6) is 11.5 Å². The van der Waals surface area contributed by atoms with Crippen LogP contribution in [0.15, 0.2) is 231 Å². The fourth-order valence-electron chi connectivity index (χ4n) is 10.1. The quantitative estimate of drug-likeness (QED) is 0.152. The van der Waals surface area contributed by atoms with E-state index in [0.29, 0.717) is 0 Å². The van der Waals surface area contributed by atoms with Gasteiger partial charge in [0.25, 0.3) is 0 Å². The van der Waals surface area contributed by atoms with Crippen molar-refractivity contribution in [3.63, 3.8) is 0 Å². The highest BCUT2D eigenvalue weighted by atomic mass is 16.5. The number of para-hydroxylation sites is 1. The maximum Gasteiger partial charge on any atom is 0.138 e. The van der Waals surface area contributed by atoms with Crippen LogP contribution in [0.25, 0.3) is 55.3 Å². The van der Waals surface area contributed by atoms with Gasteiger partial charge in [-0.05, 0) is 122 Å². The zero-order valence-electron chi connectivity index (χ0n) is 35.7. The van der Waals surface area contributed by atoms with Crippen LogP contribution in [0, 0.1) is 0 Å². The first-order valence-corrected chi connectivity index (χ1v) is 22.1. The second-order valence-electron chi connectivity index (χ2n) is 17.3. The normalized spacial score (nSPS) is 12.8. The predicted molar refractivity (Wildman–Crippen MR) is 267 cm³/mol. The minimum atomic E-state index is -0.131. The first-order valence-electron chi connectivity index (χ1n) is 22.1. The van der Waals surface area contributed by atoms with Crippen LogP contribution >= 0.6 is 0 Å². The van der Waals surface area contributed by atoms with E-state index in [2.05, 4.69) is 254 Å². The van der Waals surface area contributed by atoms with Crippen molar-refractivity contribution in [3.05, 3.63) is 242 Å². The lowest BCUT2D eigenvalue weighted by Gasteiger charge is -2.32. The maximum absolute atomic E-state index is 7.12. The van der Waals surface area contributed by atoms with E-state index in [0.717, 1.165) is 67.5 Å². The zero-order valence-corrected chi connectivity index (χ0v) is 35.7. The SMILES string of the molecule is CC1(C)c2ccccc2-c2ccc(N(c3ccccc3)c3cccc4c3-c3cccc5cc(N(c6ccc(-c7ccccc7)cc6)c6ccc(-c7ccccc7)cc6)cc(c35)O4)cc21. The Bertz CT molecular complexity index is 3280. The molecule has 0 aromatic heterocycles. The monoisotopic (exact) mass is 820 g/mol. The van der Waals surface area contributed by atoms with Gasteiger partial charge in [-0.1, -0.05) is 172 Å². The summed E-state index contributed by atoms with van der Waals surface area (Å²) in [6.45, 7) is 4.69. The summed E-state index contributed by atoms with van der Waals surface area (Å²) in [5.41, 5.74) is 18.6. The lowest BCUT2D eigenvalue weighted by molar-refractivity contribution is 0.487. The molecule has 1 aliphatic carbocycles. The summed E-state index contributed by atoms with van der Waals surface area (Å²) < 4.78 is 7.12. The van der Waals surface area contributed by atoms with Gasteiger partial charge in [-0.15, -0.1) is 0 Å². The predicted octanol–water partition coefficient (Wildman–Crippen LogP) is 17.2. The molecule has 64 heavy (non-hydrogen) atoms. The minimum Gasteiger partial charge on any atom is -0.456 e. The Morgan fingerprint density at radius 1 is 0.344 bits per heavy atom. The summed E-state index contributed by atoms with van der Waals surface area (Å²) >= 11 is 0. The fourth-order valence-corrected chi connectivity index (χ4v) is 10.1. The molecule has 0 radical (unpaired) electrons. The van der Waals surface area contributed by atoms with Gasteiger partial charge in [0.1, 0.15) is 11.5 Å². The number of rotatable bonds is 8. The van der Waals surface area contributed by atoms with Crippen LogP contribution in [0.3, 0.4) is 0 Å². The summed E-state index contributed by atoms with van der Waals surface area (Å²) in [4.78, 5) is 4.74. The molecule has 0 fully saturated rings. The fraction of sp³-hybridized carbons (Fsp3) is 0.0492. The van der Waals surface area contributed by atoms with Crippen LogP contribution in [0.1, 0.15) is 25.0 Å². The molecule has 0 saturated heterocycles. The van der Waals surface area contributed by atoms with Gasteiger partial charge in [-0.25, -0.2) is 0 Å². The van der Waals surface area contributed by atoms with E-state index in [1.807, 2.05) is 0 Å². The van der Waals surface area contributed by atoms with Crippen molar-refractivity contribution in [3.8, 4) is 56.0 Å². The molecule has 10 aromatic rings. The highest BCUT2D eigenvalue weighted by Gasteiger charge is 2.36. The minimum absolute atomic E-state index is 0.131. The van der Waals surface area contributed by atoms with Crippen LogP contribution < -0.4 is 14.5 Å². The molecule has 0 saturated carbocycles. The molecule has 0 bridgehead atoms. The van der Waals surface area contributed by atoms with Crippen molar-refractivity contribution < 1.29 is 4.74 Å². The summed E-state index contributed by atoms with van der Waals surface area (Å²) in [5.74, 6) is 1.67. The number of anilines is 6. The van der Waals surface area contributed by atoms with E-state index in [1.165, 1.54) is 44.5 Å². The standard InChI is InChI=1S/C61H44N2O/c1-61(2)54-25-13-12-23-51(54)52-37-36-49(39-55(52)61)63(46-21-10-5-11-22-46)56-26-15-27-57-60(56)53-24-14-20-45-38-50(40-58(64-57)59(45)53)62(47-32-28-43(29-33-47)41-16-6-3-7-17-41)48-34-30-44(31-35-48)42-18-8-4-9-19-42/h3-40H,1-2H3. The molecule has 0 N–H and O–H groups in total. The Kier molecular flexibility index (Phi) is 8.84. The molecule has 304 valence electrons. The van der Waals surface area contributed by atoms with E-state index in [4.69, 9.17) is 4.74 Å². The van der Waals surface area contributed by atoms with Crippen molar-refractivity contribution in [2.24, 2.45) is 0 Å². The third-order valence-electron chi connectivity index (χ3n) is 13.2. The second kappa shape index (κ2) is 15.0. The molecule has 0 unspecified atom stereocenters. The van der Waals surface area contributed by atoms with Crippen LogP contribution in [0.2, 0.25) is 0 Å². The van der Waals surface area contributed by atoms with Gasteiger partial charge in [-0.3, -0.25) is 0 Å². The van der Waals surface area contributed by atoms with E-state index < -0.39 is 0 Å². The molecule has 10 aromatic carbocycles. The Hall–Kier alpha value is -8.14. The largest absolute Gasteiger partial charge is 0.456 e. The van der Waals surface area contributed by atoms with Crippen LogP contribution in [0.4, 0.5) is 34.1 Å². The van der Waals surface area contributed by atoms with E-state index in [9.17, 15) is 0 Å². The topological polar surface area (TPSA) is 15.7 Å². The lowest BCUT2D eigenvalue weighted by Crippen LogP contribution is -2.17. The Morgan fingerprint density at radius 3 is 1.55 bits per heavy atom. The van der Waals surface area contributed by atoms with Crippen LogP contribution in [-0.4, -0.2) is 0 Å². The van der Waals surface area contributed by atoms with Gasteiger partial charge >= 0.3 is 0 Å². The molecule has 12 rings (SSSR count). The van der Waals surface area contributed by atoms with Gasteiger partial charge in [0, 0.05) is 45.2 Å². The number of hydrogen-bond acceptors (Lipinski definition) is 3. The second-order valence-corrected chi connectivity index (χ2v) is 17.3. The molecule has 0 spiro atoms. The highest BCUT2D eigenvalue weighted by Crippen LogP contribution is 2.56. The molecule has 1 aliphatic heterocycles. The average molecular weight is 821 g/mol. The lowest BCUT2D eigenvalue weighted by atomic mass is 9.82. The molecule has 3 nitrogen and oxygen atoms in total. The zero-order chi connectivity index (χ0) is 42.8. The van der Waals surface area contributed by atoms with Gasteiger partial charge < -0.3 is 14.5 Å². The van der Waals surface area contributed by atoms with Gasteiger partial charge in [0.2, 0.25) is 0 Å². The van der Waals surface area contributed by atoms with Gasteiger partial charge in [0.15, 0.2) is 0 Å². The Morgan fingerprint density at radius 2 is 0.875 bits per heavy atom. The smallest absolute Gasteiger partial charge is 0.138 e. The van der Waals surface area contributed by atoms with E-state index in [-0.39, 0.29) is 5.41 Å². The van der Waals surface area contributed by atoms with Crippen molar-refractivity contribution in [2.75, 3.05) is 9.80 Å². The molecule has 0 amide bonds. The summed E-state index contributed by atoms with van der Waals surface area (Å²) in [6, 6.07) is 83.1. The van der Waals surface area contributed by atoms with Crippen molar-refractivity contribution in [1.82, 2.24) is 0 Å². The van der Waals surface area contributed by atoms with Gasteiger partial charge in [0.05, 0.1) is 11.4 Å². The Balaban J connectivity index is 0.997. The molecule has 2 aliphatic rings. The molecule has 3 heteroatoms. The molecule has 1 heterocycles. The van der Waals surface area contributed by atoms with Crippen molar-refractivity contribution in [2.45, 2.75) is 19.3 Å². The molecular weight excluding hydrogens is 777 g/mol. The molecular formula is C61H44N2O. The van der Waals surface area contributed by atoms with E-state index >= 15 is 0 Å². The average Bonchev–Trinajstić information content (AvgIpc) is 3.58. The number of fused-ring (bicyclic) bond motifs is 5. The number of hydrogen-bond donors (Lipinski definition) is 0. The number of ether oxygens (including phenoxy) is 1. The summed E-state index contributed by atoms with van der Waals surface area (Å²) in [5, 5.41) is 2.21. The first-order chi connectivity index (χ1) is 31.5. The highest BCUT2D eigenvalue weighted by molar-refractivity contribution is 6.09. The summed E-state index contributed by atoms with van der Waals surface area (Å²) in [7, 11) is 0. The van der Waals surface area contributed by atoms with E-state index in [1.54, 1.807) is 0 Å². The third kappa shape index (κ3) is 6.20. The number of benzene rings is 10. The maximum atomic E-state index is 7.12. The van der Waals surface area contributed by atoms with Crippen LogP contribution in [-0.2, 0) is 5.41 Å². The first kappa shape index (κ1) is 37.6. The molecule has 0 atom stereocenters. The third-order valence-corrected chi connectivity index (χ3v) is 13.2.